The Morgan fingerprint density at radius 2 is 1.85 bits per heavy atom. The number of carbonyl (C=O) groups excluding carboxylic acids is 2. The van der Waals surface area contributed by atoms with E-state index in [1.54, 1.807) is 22.9 Å². The third-order valence-corrected chi connectivity index (χ3v) is 10.5. The highest BCUT2D eigenvalue weighted by molar-refractivity contribution is 6.72. The predicted octanol–water partition coefficient (Wildman–Crippen LogP) is 3.91. The van der Waals surface area contributed by atoms with E-state index in [1.165, 1.54) is 0 Å². The molecule has 2 aromatic carbocycles. The van der Waals surface area contributed by atoms with Crippen LogP contribution in [0.5, 0.6) is 0 Å². The highest BCUT2D eigenvalue weighted by Gasteiger charge is 2.51. The van der Waals surface area contributed by atoms with Gasteiger partial charge in [-0.3, -0.25) is 9.59 Å². The molecular weight excluding hydrogens is 513 g/mol. The summed E-state index contributed by atoms with van der Waals surface area (Å²) in [7, 11) is -3.12. The van der Waals surface area contributed by atoms with Gasteiger partial charge in [0.1, 0.15) is 0 Å². The van der Waals surface area contributed by atoms with Crippen molar-refractivity contribution >= 4 is 25.9 Å². The molecule has 2 aromatic rings. The van der Waals surface area contributed by atoms with E-state index in [2.05, 4.69) is 12.2 Å². The van der Waals surface area contributed by atoms with Crippen LogP contribution in [0.1, 0.15) is 30.9 Å². The van der Waals surface area contributed by atoms with Crippen LogP contribution in [-0.2, 0) is 27.3 Å². The lowest BCUT2D eigenvalue weighted by Crippen LogP contribution is -2.48. The second-order valence-electron chi connectivity index (χ2n) is 11.3. The van der Waals surface area contributed by atoms with Crippen molar-refractivity contribution in [3.05, 3.63) is 65.7 Å². The summed E-state index contributed by atoms with van der Waals surface area (Å²) >= 11 is 0. The number of piperazine rings is 1. The average molecular weight is 556 g/mol. The molecular formula is C30H42FN3O4Si. The first kappa shape index (κ1) is 29.4. The maximum atomic E-state index is 15.6. The van der Waals surface area contributed by atoms with Crippen molar-refractivity contribution < 1.29 is 23.5 Å². The second kappa shape index (κ2) is 13.2. The summed E-state index contributed by atoms with van der Waals surface area (Å²) in [6, 6.07) is 17.8. The topological polar surface area (TPSA) is 82.1 Å². The lowest BCUT2D eigenvalue weighted by atomic mass is 9.95. The zero-order chi connectivity index (χ0) is 28.0. The molecule has 2 fully saturated rings. The molecule has 2 N–H and O–H groups in total. The minimum absolute atomic E-state index is 0.00706. The number of amides is 2. The number of hydrogen-bond donors (Lipinski definition) is 2. The molecule has 0 unspecified atom stereocenters. The van der Waals surface area contributed by atoms with E-state index in [9.17, 15) is 14.7 Å². The number of aliphatic hydroxyl groups is 1. The number of aliphatic hydroxyl groups excluding tert-OH is 1. The maximum Gasteiger partial charge on any atom is 0.246 e. The third-order valence-electron chi connectivity index (χ3n) is 8.07. The van der Waals surface area contributed by atoms with Gasteiger partial charge in [0.05, 0.1) is 31.8 Å². The van der Waals surface area contributed by atoms with Crippen LogP contribution in [0, 0.1) is 5.92 Å². The Morgan fingerprint density at radius 3 is 2.49 bits per heavy atom. The minimum Gasteiger partial charge on any atom is -0.395 e. The molecule has 0 spiro atoms. The quantitative estimate of drug-likeness (QED) is 0.325. The molecule has 212 valence electrons. The van der Waals surface area contributed by atoms with Gasteiger partial charge >= 0.3 is 0 Å². The number of aryl methyl sites for hydroxylation is 1. The first-order valence-electron chi connectivity index (χ1n) is 14.0. The molecule has 7 nitrogen and oxygen atoms in total. The molecule has 2 aliphatic heterocycles. The number of hydrogen-bond acceptors (Lipinski definition) is 5. The Kier molecular flexibility index (Phi) is 9.93. The van der Waals surface area contributed by atoms with Crippen LogP contribution in [-0.4, -0.2) is 75.2 Å². The van der Waals surface area contributed by atoms with E-state index in [-0.39, 0.29) is 48.9 Å². The molecule has 39 heavy (non-hydrogen) atoms. The zero-order valence-corrected chi connectivity index (χ0v) is 24.3. The molecule has 4 rings (SSSR count). The van der Waals surface area contributed by atoms with Crippen LogP contribution >= 0.6 is 0 Å². The van der Waals surface area contributed by atoms with Crippen LogP contribution in [0.4, 0.5) is 9.80 Å². The van der Waals surface area contributed by atoms with Crippen molar-refractivity contribution in [3.63, 3.8) is 0 Å². The van der Waals surface area contributed by atoms with E-state index in [0.29, 0.717) is 19.6 Å². The van der Waals surface area contributed by atoms with Crippen molar-refractivity contribution in [3.8, 4) is 0 Å². The second-order valence-corrected chi connectivity index (χ2v) is 15.1. The summed E-state index contributed by atoms with van der Waals surface area (Å²) in [5.74, 6) is -0.0344. The van der Waals surface area contributed by atoms with Crippen LogP contribution in [0.2, 0.25) is 18.6 Å². The van der Waals surface area contributed by atoms with Gasteiger partial charge in [0.2, 0.25) is 20.2 Å². The fourth-order valence-corrected chi connectivity index (χ4v) is 8.67. The molecule has 0 aromatic heterocycles. The van der Waals surface area contributed by atoms with E-state index in [1.807, 2.05) is 54.6 Å². The Labute approximate surface area is 232 Å². The van der Waals surface area contributed by atoms with E-state index in [0.717, 1.165) is 36.2 Å². The largest absolute Gasteiger partial charge is 0.395 e. The molecule has 4 atom stereocenters. The zero-order valence-electron chi connectivity index (χ0n) is 23.3. The SMILES string of the molecule is C[C@@H]1[C@@H]([Si](C)(C)F)[C@H](CC(=O)N(CCO)Cc2ccccc2)O[C@@H]1CCc1ccc(N2CCNCC2=O)cc1. The van der Waals surface area contributed by atoms with Crippen molar-refractivity contribution in [1.29, 1.82) is 0 Å². The molecule has 0 bridgehead atoms. The van der Waals surface area contributed by atoms with Gasteiger partial charge in [-0.25, -0.2) is 0 Å². The fraction of sp³-hybridized carbons (Fsp3) is 0.533. The van der Waals surface area contributed by atoms with Gasteiger partial charge in [-0.2, -0.15) is 0 Å². The molecule has 2 amide bonds. The van der Waals surface area contributed by atoms with Gasteiger partial charge in [-0.15, -0.1) is 0 Å². The molecule has 0 saturated carbocycles. The number of halogens is 1. The average Bonchev–Trinajstić information content (AvgIpc) is 3.23. The Hall–Kier alpha value is -2.59. The van der Waals surface area contributed by atoms with Gasteiger partial charge in [0, 0.05) is 37.4 Å². The standard InChI is InChI=1S/C30H42FN3O4Si/c1-22-26(14-11-23-9-12-25(13-10-23)34-16-15-32-20-29(34)37)38-27(30(22)39(2,3)31)19-28(36)33(17-18-35)21-24-7-5-4-6-8-24/h4-10,12-13,22,26-27,30,32,35H,11,14-21H2,1-3H3/t22-,26+,27-,30+/m0/s1. The predicted molar refractivity (Wildman–Crippen MR) is 154 cm³/mol. The summed E-state index contributed by atoms with van der Waals surface area (Å²) in [4.78, 5) is 29.0. The molecule has 9 heteroatoms. The van der Waals surface area contributed by atoms with Gasteiger partial charge in [0.25, 0.3) is 0 Å². The number of anilines is 1. The van der Waals surface area contributed by atoms with Crippen molar-refractivity contribution in [2.45, 2.75) is 63.6 Å². The van der Waals surface area contributed by atoms with Crippen LogP contribution in [0.15, 0.2) is 54.6 Å². The van der Waals surface area contributed by atoms with Crippen LogP contribution < -0.4 is 10.2 Å². The summed E-state index contributed by atoms with van der Waals surface area (Å²) < 4.78 is 22.0. The van der Waals surface area contributed by atoms with Crippen LogP contribution in [0.25, 0.3) is 0 Å². The minimum atomic E-state index is -3.12. The maximum absolute atomic E-state index is 15.6. The van der Waals surface area contributed by atoms with Crippen molar-refractivity contribution in [2.24, 2.45) is 5.92 Å². The van der Waals surface area contributed by atoms with Gasteiger partial charge < -0.3 is 29.1 Å². The third kappa shape index (κ3) is 7.54. The molecule has 2 heterocycles. The Balaban J connectivity index is 1.39. The summed E-state index contributed by atoms with van der Waals surface area (Å²) in [5.41, 5.74) is 2.76. The van der Waals surface area contributed by atoms with Crippen LogP contribution in [0.3, 0.4) is 0 Å². The monoisotopic (exact) mass is 555 g/mol. The molecule has 2 aliphatic rings. The van der Waals surface area contributed by atoms with Crippen molar-refractivity contribution in [2.75, 3.05) is 37.7 Å². The molecule has 0 aliphatic carbocycles. The first-order chi connectivity index (χ1) is 18.7. The van der Waals surface area contributed by atoms with Gasteiger partial charge in [0.15, 0.2) is 0 Å². The summed E-state index contributed by atoms with van der Waals surface area (Å²) in [6.07, 6.45) is 1.03. The normalized spacial score (nSPS) is 23.7. The summed E-state index contributed by atoms with van der Waals surface area (Å²) in [5, 5.41) is 12.7. The Bertz CT molecular complexity index is 1100. The Morgan fingerprint density at radius 1 is 1.13 bits per heavy atom. The van der Waals surface area contributed by atoms with Gasteiger partial charge in [-0.1, -0.05) is 49.4 Å². The van der Waals surface area contributed by atoms with E-state index >= 15 is 4.11 Å². The highest BCUT2D eigenvalue weighted by Crippen LogP contribution is 2.47. The number of nitrogens with zero attached hydrogens (tertiary/aromatic N) is 2. The van der Waals surface area contributed by atoms with E-state index < -0.39 is 14.5 Å². The lowest BCUT2D eigenvalue weighted by Gasteiger charge is -2.30. The fourth-order valence-electron chi connectivity index (χ4n) is 6.12. The van der Waals surface area contributed by atoms with E-state index in [4.69, 9.17) is 4.74 Å². The number of ether oxygens (including phenoxy) is 1. The summed E-state index contributed by atoms with van der Waals surface area (Å²) in [6.45, 7) is 7.80. The number of nitrogens with one attached hydrogen (secondary N) is 1. The van der Waals surface area contributed by atoms with Crippen molar-refractivity contribution in [1.82, 2.24) is 10.2 Å². The molecule has 2 saturated heterocycles. The number of benzene rings is 2. The lowest BCUT2D eigenvalue weighted by molar-refractivity contribution is -0.135. The van der Waals surface area contributed by atoms with Gasteiger partial charge in [-0.05, 0) is 55.1 Å². The smallest absolute Gasteiger partial charge is 0.246 e. The highest BCUT2D eigenvalue weighted by atomic mass is 28.4. The first-order valence-corrected chi connectivity index (χ1v) is 17.0. The molecule has 0 radical (unpaired) electrons. The number of carbonyl (C=O) groups is 2. The number of rotatable bonds is 11.